The molecule has 4 aromatic rings. The Hall–Kier alpha value is -3.26. The van der Waals surface area contributed by atoms with Crippen LogP contribution in [-0.4, -0.2) is 20.4 Å². The van der Waals surface area contributed by atoms with Gasteiger partial charge in [0.05, 0.1) is 27.5 Å². The molecule has 3 heterocycles. The molecule has 0 spiro atoms. The predicted octanol–water partition coefficient (Wildman–Crippen LogP) is 4.01. The molecule has 0 atom stereocenters. The molecule has 2 N–H and O–H groups in total. The highest BCUT2D eigenvalue weighted by molar-refractivity contribution is 9.10. The number of aromatic amines is 1. The van der Waals surface area contributed by atoms with Gasteiger partial charge in [-0.3, -0.25) is 9.59 Å². The van der Waals surface area contributed by atoms with Gasteiger partial charge in [0.2, 0.25) is 5.91 Å². The first-order chi connectivity index (χ1) is 13.9. The number of anilines is 1. The largest absolute Gasteiger partial charge is 0.353 e. The van der Waals surface area contributed by atoms with Crippen LogP contribution in [0.1, 0.15) is 5.56 Å². The van der Waals surface area contributed by atoms with Crippen LogP contribution in [0, 0.1) is 5.82 Å². The SMILES string of the molecule is Cn1ccc2[nH]c(-c3ccnc(NC(=O)Cc4ccc(F)cc4)c3)c(Br)c2c1=O. The minimum Gasteiger partial charge on any atom is -0.353 e. The zero-order chi connectivity index (χ0) is 20.5. The zero-order valence-electron chi connectivity index (χ0n) is 15.4. The topological polar surface area (TPSA) is 79.8 Å². The van der Waals surface area contributed by atoms with E-state index in [1.165, 1.54) is 16.7 Å². The molecular formula is C21H16BrFN4O2. The Bertz CT molecular complexity index is 1280. The number of nitrogens with one attached hydrogen (secondary N) is 2. The smallest absolute Gasteiger partial charge is 0.260 e. The van der Waals surface area contributed by atoms with Gasteiger partial charge >= 0.3 is 0 Å². The molecule has 8 heteroatoms. The van der Waals surface area contributed by atoms with E-state index in [1.54, 1.807) is 43.7 Å². The predicted molar refractivity (Wildman–Crippen MR) is 113 cm³/mol. The number of benzene rings is 1. The fourth-order valence-corrected chi connectivity index (χ4v) is 3.80. The summed E-state index contributed by atoms with van der Waals surface area (Å²) < 4.78 is 15.2. The van der Waals surface area contributed by atoms with Crippen LogP contribution in [0.3, 0.4) is 0 Å². The Balaban J connectivity index is 1.61. The van der Waals surface area contributed by atoms with E-state index in [0.717, 1.165) is 11.3 Å². The zero-order valence-corrected chi connectivity index (χ0v) is 17.0. The Morgan fingerprint density at radius 1 is 1.24 bits per heavy atom. The lowest BCUT2D eigenvalue weighted by molar-refractivity contribution is -0.115. The van der Waals surface area contributed by atoms with Gasteiger partial charge in [-0.2, -0.15) is 0 Å². The van der Waals surface area contributed by atoms with Crippen LogP contribution in [-0.2, 0) is 18.3 Å². The number of H-pyrrole nitrogens is 1. The van der Waals surface area contributed by atoms with Crippen LogP contribution >= 0.6 is 15.9 Å². The van der Waals surface area contributed by atoms with Crippen LogP contribution in [0.5, 0.6) is 0 Å². The van der Waals surface area contributed by atoms with Crippen LogP contribution < -0.4 is 10.9 Å². The highest BCUT2D eigenvalue weighted by Gasteiger charge is 2.15. The van der Waals surface area contributed by atoms with E-state index in [4.69, 9.17) is 0 Å². The maximum absolute atomic E-state index is 13.0. The summed E-state index contributed by atoms with van der Waals surface area (Å²) in [5.41, 5.74) is 2.80. The second-order valence-corrected chi connectivity index (χ2v) is 7.41. The molecule has 146 valence electrons. The molecule has 1 amide bonds. The highest BCUT2D eigenvalue weighted by atomic mass is 79.9. The summed E-state index contributed by atoms with van der Waals surface area (Å²) >= 11 is 3.52. The van der Waals surface area contributed by atoms with Gasteiger partial charge in [-0.1, -0.05) is 12.1 Å². The Morgan fingerprint density at radius 3 is 2.76 bits per heavy atom. The molecule has 0 aliphatic rings. The first-order valence-electron chi connectivity index (χ1n) is 8.80. The van der Waals surface area contributed by atoms with Crippen molar-refractivity contribution in [1.82, 2.24) is 14.5 Å². The molecule has 4 rings (SSSR count). The van der Waals surface area contributed by atoms with Crippen molar-refractivity contribution in [1.29, 1.82) is 0 Å². The minimum absolute atomic E-state index is 0.109. The molecule has 0 saturated heterocycles. The van der Waals surface area contributed by atoms with Crippen LogP contribution in [0.4, 0.5) is 10.2 Å². The number of hydrogen-bond acceptors (Lipinski definition) is 3. The number of amides is 1. The van der Waals surface area contributed by atoms with Crippen LogP contribution in [0.2, 0.25) is 0 Å². The van der Waals surface area contributed by atoms with Crippen molar-refractivity contribution >= 4 is 38.6 Å². The standard InChI is InChI=1S/C21H16BrFN4O2/c1-27-9-7-15-18(21(27)29)19(22)20(25-15)13-6-8-24-16(11-13)26-17(28)10-12-2-4-14(23)5-3-12/h2-9,11,25H,10H2,1H3,(H,24,26,28). The number of carbonyl (C=O) groups is 1. The van der Waals surface area contributed by atoms with Crippen molar-refractivity contribution in [3.8, 4) is 11.3 Å². The molecule has 29 heavy (non-hydrogen) atoms. The third kappa shape index (κ3) is 3.84. The van der Waals surface area contributed by atoms with Crippen molar-refractivity contribution < 1.29 is 9.18 Å². The molecule has 1 aromatic carbocycles. The molecule has 0 aliphatic heterocycles. The summed E-state index contributed by atoms with van der Waals surface area (Å²) in [7, 11) is 1.70. The molecule has 0 saturated carbocycles. The number of hydrogen-bond donors (Lipinski definition) is 2. The average molecular weight is 455 g/mol. The first-order valence-corrected chi connectivity index (χ1v) is 9.59. The summed E-state index contributed by atoms with van der Waals surface area (Å²) in [5.74, 6) is -0.221. The third-order valence-electron chi connectivity index (χ3n) is 4.56. The summed E-state index contributed by atoms with van der Waals surface area (Å²) in [6.45, 7) is 0. The quantitative estimate of drug-likeness (QED) is 0.488. The van der Waals surface area contributed by atoms with Gasteiger partial charge in [0.15, 0.2) is 0 Å². The van der Waals surface area contributed by atoms with Crippen molar-refractivity contribution in [3.63, 3.8) is 0 Å². The Labute approximate surface area is 173 Å². The minimum atomic E-state index is -0.345. The van der Waals surface area contributed by atoms with Crippen LogP contribution in [0.25, 0.3) is 22.2 Å². The summed E-state index contributed by atoms with van der Waals surface area (Å²) in [5, 5.41) is 3.31. The highest BCUT2D eigenvalue weighted by Crippen LogP contribution is 2.33. The lowest BCUT2D eigenvalue weighted by Crippen LogP contribution is -2.15. The van der Waals surface area contributed by atoms with Crippen molar-refractivity contribution in [2.75, 3.05) is 5.32 Å². The second-order valence-electron chi connectivity index (χ2n) is 6.62. The molecule has 0 fully saturated rings. The van der Waals surface area contributed by atoms with E-state index in [-0.39, 0.29) is 23.7 Å². The van der Waals surface area contributed by atoms with Gasteiger partial charge in [-0.15, -0.1) is 0 Å². The molecule has 3 aromatic heterocycles. The fraction of sp³-hybridized carbons (Fsp3) is 0.0952. The van der Waals surface area contributed by atoms with Gasteiger partial charge in [0.1, 0.15) is 11.6 Å². The first kappa shape index (κ1) is 19.1. The lowest BCUT2D eigenvalue weighted by Gasteiger charge is -2.07. The Morgan fingerprint density at radius 2 is 2.00 bits per heavy atom. The molecule has 0 aliphatic carbocycles. The van der Waals surface area contributed by atoms with E-state index in [9.17, 15) is 14.0 Å². The molecular weight excluding hydrogens is 439 g/mol. The number of carbonyl (C=O) groups excluding carboxylic acids is 1. The normalized spacial score (nSPS) is 11.0. The monoisotopic (exact) mass is 454 g/mol. The van der Waals surface area contributed by atoms with Crippen molar-refractivity contribution in [2.45, 2.75) is 6.42 Å². The summed E-state index contributed by atoms with van der Waals surface area (Å²) in [6, 6.07) is 11.1. The molecule has 0 radical (unpaired) electrons. The van der Waals surface area contributed by atoms with Gasteiger partial charge in [0.25, 0.3) is 5.56 Å². The van der Waals surface area contributed by atoms with E-state index < -0.39 is 0 Å². The third-order valence-corrected chi connectivity index (χ3v) is 5.35. The van der Waals surface area contributed by atoms with Crippen LogP contribution in [0.15, 0.2) is 64.1 Å². The van der Waals surface area contributed by atoms with E-state index in [1.807, 2.05) is 6.07 Å². The number of pyridine rings is 2. The number of aryl methyl sites for hydroxylation is 1. The molecule has 0 unspecified atom stereocenters. The number of fused-ring (bicyclic) bond motifs is 1. The van der Waals surface area contributed by atoms with E-state index in [2.05, 4.69) is 31.2 Å². The number of nitrogens with zero attached hydrogens (tertiary/aromatic N) is 2. The second kappa shape index (κ2) is 7.63. The van der Waals surface area contributed by atoms with E-state index in [0.29, 0.717) is 26.8 Å². The van der Waals surface area contributed by atoms with Crippen molar-refractivity contribution in [3.05, 3.63) is 81.1 Å². The van der Waals surface area contributed by atoms with Gasteiger partial charge < -0.3 is 14.9 Å². The van der Waals surface area contributed by atoms with E-state index >= 15 is 0 Å². The van der Waals surface area contributed by atoms with Gasteiger partial charge in [0, 0.05) is 25.0 Å². The maximum atomic E-state index is 13.0. The van der Waals surface area contributed by atoms with Gasteiger partial charge in [-0.25, -0.2) is 9.37 Å². The lowest BCUT2D eigenvalue weighted by atomic mass is 10.1. The number of halogens is 2. The average Bonchev–Trinajstić information content (AvgIpc) is 3.04. The number of aromatic nitrogens is 3. The molecule has 6 nitrogen and oxygen atoms in total. The van der Waals surface area contributed by atoms with Crippen molar-refractivity contribution in [2.24, 2.45) is 7.05 Å². The Kier molecular flexibility index (Phi) is 5.02. The fourth-order valence-electron chi connectivity index (χ4n) is 3.09. The molecule has 0 bridgehead atoms. The maximum Gasteiger partial charge on any atom is 0.260 e. The summed E-state index contributed by atoms with van der Waals surface area (Å²) in [6.07, 6.45) is 3.39. The number of rotatable bonds is 4. The summed E-state index contributed by atoms with van der Waals surface area (Å²) in [4.78, 5) is 32.1. The van der Waals surface area contributed by atoms with Gasteiger partial charge in [-0.05, 0) is 51.8 Å².